The molecule has 10 heavy (non-hydrogen) atoms. The van der Waals surface area contributed by atoms with Crippen LogP contribution in [-0.4, -0.2) is 16.1 Å². The third kappa shape index (κ3) is 2.24. The standard InChI is InChI=1S/C8H20Si2/c1-9(2,3)8-10(4)6-5-7-10/h5-8H2,1-4H3. The Labute approximate surface area is 67.0 Å². The van der Waals surface area contributed by atoms with Crippen molar-refractivity contribution in [3.8, 4) is 0 Å². The van der Waals surface area contributed by atoms with E-state index in [1.165, 1.54) is 0 Å². The third-order valence-corrected chi connectivity index (χ3v) is 13.3. The molecule has 1 heterocycles. The van der Waals surface area contributed by atoms with Gasteiger partial charge >= 0.3 is 0 Å². The second-order valence-electron chi connectivity index (χ2n) is 5.40. The maximum Gasteiger partial charge on any atom is 0.0478 e. The van der Waals surface area contributed by atoms with Gasteiger partial charge in [0.05, 0.1) is 0 Å². The molecule has 0 unspecified atom stereocenters. The van der Waals surface area contributed by atoms with Crippen molar-refractivity contribution in [1.82, 2.24) is 0 Å². The highest BCUT2D eigenvalue weighted by molar-refractivity contribution is 6.96. The number of hydrogen-bond acceptors (Lipinski definition) is 0. The zero-order chi connectivity index (χ0) is 7.83. The number of rotatable bonds is 2. The largest absolute Gasteiger partial charge is 0.0698 e. The Morgan fingerprint density at radius 2 is 1.70 bits per heavy atom. The highest BCUT2D eigenvalue weighted by Crippen LogP contribution is 2.38. The van der Waals surface area contributed by atoms with E-state index in [0.717, 1.165) is 0 Å². The minimum atomic E-state index is -0.701. The predicted molar refractivity (Wildman–Crippen MR) is 54.0 cm³/mol. The first-order chi connectivity index (χ1) is 4.41. The summed E-state index contributed by atoms with van der Waals surface area (Å²) in [7, 11) is -1.27. The molecule has 0 nitrogen and oxygen atoms in total. The van der Waals surface area contributed by atoms with Gasteiger partial charge in [-0.05, 0) is 0 Å². The molecule has 1 rings (SSSR count). The Balaban J connectivity index is 2.37. The Kier molecular flexibility index (Phi) is 2.12. The zero-order valence-electron chi connectivity index (χ0n) is 7.83. The van der Waals surface area contributed by atoms with Gasteiger partial charge in [0.1, 0.15) is 0 Å². The van der Waals surface area contributed by atoms with Crippen molar-refractivity contribution >= 4 is 16.1 Å². The molecule has 0 aromatic rings. The maximum absolute atomic E-state index is 2.61. The van der Waals surface area contributed by atoms with E-state index in [4.69, 9.17) is 0 Å². The van der Waals surface area contributed by atoms with Gasteiger partial charge in [0.25, 0.3) is 0 Å². The summed E-state index contributed by atoms with van der Waals surface area (Å²) in [5.74, 6) is 0. The molecule has 0 saturated carbocycles. The summed E-state index contributed by atoms with van der Waals surface area (Å²) in [5.41, 5.74) is 1.68. The van der Waals surface area contributed by atoms with Crippen molar-refractivity contribution in [2.24, 2.45) is 0 Å². The van der Waals surface area contributed by atoms with E-state index in [0.29, 0.717) is 0 Å². The van der Waals surface area contributed by atoms with Crippen molar-refractivity contribution in [2.75, 3.05) is 0 Å². The lowest BCUT2D eigenvalue weighted by Gasteiger charge is -2.40. The zero-order valence-corrected chi connectivity index (χ0v) is 9.83. The smallest absolute Gasteiger partial charge is 0.0478 e. The summed E-state index contributed by atoms with van der Waals surface area (Å²) in [4.78, 5) is 0. The highest BCUT2D eigenvalue weighted by atomic mass is 28.4. The van der Waals surface area contributed by atoms with E-state index >= 15 is 0 Å². The summed E-state index contributed by atoms with van der Waals surface area (Å²) < 4.78 is 0. The van der Waals surface area contributed by atoms with Gasteiger partial charge in [-0.3, -0.25) is 0 Å². The van der Waals surface area contributed by atoms with Crippen molar-refractivity contribution in [1.29, 1.82) is 0 Å². The topological polar surface area (TPSA) is 0 Å². The van der Waals surface area contributed by atoms with Gasteiger partial charge in [-0.1, -0.05) is 50.4 Å². The first-order valence-electron chi connectivity index (χ1n) is 4.41. The Morgan fingerprint density at radius 1 is 1.20 bits per heavy atom. The van der Waals surface area contributed by atoms with E-state index in [9.17, 15) is 0 Å². The third-order valence-electron chi connectivity index (χ3n) is 2.52. The van der Waals surface area contributed by atoms with Crippen molar-refractivity contribution in [3.05, 3.63) is 0 Å². The summed E-state index contributed by atoms with van der Waals surface area (Å²) in [6, 6.07) is 3.27. The van der Waals surface area contributed by atoms with Gasteiger partial charge in [-0.25, -0.2) is 0 Å². The van der Waals surface area contributed by atoms with E-state index in [-0.39, 0.29) is 0 Å². The fourth-order valence-corrected chi connectivity index (χ4v) is 15.5. The Morgan fingerprint density at radius 3 is 1.80 bits per heavy atom. The molecular formula is C8H20Si2. The molecule has 0 aromatic heterocycles. The van der Waals surface area contributed by atoms with Gasteiger partial charge in [0, 0.05) is 16.1 Å². The molecule has 0 aromatic carbocycles. The van der Waals surface area contributed by atoms with Crippen LogP contribution < -0.4 is 0 Å². The highest BCUT2D eigenvalue weighted by Gasteiger charge is 2.37. The van der Waals surface area contributed by atoms with Gasteiger partial charge < -0.3 is 0 Å². The summed E-state index contributed by atoms with van der Waals surface area (Å²) in [6.45, 7) is 10.2. The summed E-state index contributed by atoms with van der Waals surface area (Å²) in [5, 5.41) is 0. The van der Waals surface area contributed by atoms with E-state index in [2.05, 4.69) is 26.2 Å². The molecule has 0 N–H and O–H groups in total. The van der Waals surface area contributed by atoms with Crippen LogP contribution in [0.25, 0.3) is 0 Å². The molecule has 0 radical (unpaired) electrons. The molecule has 0 spiro atoms. The summed E-state index contributed by atoms with van der Waals surface area (Å²) >= 11 is 0. The molecule has 60 valence electrons. The molecule has 1 fully saturated rings. The van der Waals surface area contributed by atoms with Crippen molar-refractivity contribution < 1.29 is 0 Å². The van der Waals surface area contributed by atoms with E-state index in [1.54, 1.807) is 24.2 Å². The minimum absolute atomic E-state index is 0.570. The van der Waals surface area contributed by atoms with Crippen molar-refractivity contribution in [2.45, 2.75) is 50.4 Å². The fraction of sp³-hybridized carbons (Fsp3) is 1.00. The lowest BCUT2D eigenvalue weighted by atomic mass is 10.5. The Hall–Kier alpha value is 0.434. The van der Waals surface area contributed by atoms with Crippen LogP contribution in [-0.2, 0) is 0 Å². The van der Waals surface area contributed by atoms with Gasteiger partial charge in [-0.15, -0.1) is 0 Å². The average Bonchev–Trinajstić information content (AvgIpc) is 1.57. The molecular weight excluding hydrogens is 152 g/mol. The first-order valence-corrected chi connectivity index (χ1v) is 11.2. The van der Waals surface area contributed by atoms with Crippen LogP contribution in [0.5, 0.6) is 0 Å². The second kappa shape index (κ2) is 2.48. The monoisotopic (exact) mass is 172 g/mol. The van der Waals surface area contributed by atoms with Gasteiger partial charge in [-0.2, -0.15) is 0 Å². The summed E-state index contributed by atoms with van der Waals surface area (Å²) in [6.07, 6.45) is 1.55. The van der Waals surface area contributed by atoms with E-state index in [1.807, 2.05) is 0 Å². The van der Waals surface area contributed by atoms with Crippen LogP contribution in [0.1, 0.15) is 6.42 Å². The predicted octanol–water partition coefficient (Wildman–Crippen LogP) is 3.35. The van der Waals surface area contributed by atoms with Crippen molar-refractivity contribution in [3.63, 3.8) is 0 Å². The van der Waals surface area contributed by atoms with E-state index < -0.39 is 16.1 Å². The van der Waals surface area contributed by atoms with Crippen LogP contribution in [0.4, 0.5) is 0 Å². The van der Waals surface area contributed by atoms with Crippen LogP contribution in [0.2, 0.25) is 43.9 Å². The molecule has 2 heteroatoms. The molecule has 1 aliphatic rings. The quantitative estimate of drug-likeness (QED) is 0.560. The number of hydrogen-bond donors (Lipinski definition) is 0. The molecule has 0 atom stereocenters. The SMILES string of the molecule is C[Si](C)(C)C[Si]1(C)CCC1. The molecule has 1 saturated heterocycles. The normalized spacial score (nSPS) is 24.0. The average molecular weight is 172 g/mol. The second-order valence-corrected chi connectivity index (χ2v) is 16.6. The minimum Gasteiger partial charge on any atom is -0.0698 e. The van der Waals surface area contributed by atoms with Crippen LogP contribution in [0.3, 0.4) is 0 Å². The Bertz CT molecular complexity index is 120. The molecule has 1 aliphatic heterocycles. The maximum atomic E-state index is 2.61. The fourth-order valence-electron chi connectivity index (χ4n) is 2.24. The lowest BCUT2D eigenvalue weighted by molar-refractivity contribution is 0.898. The molecule has 0 aliphatic carbocycles. The van der Waals surface area contributed by atoms with Crippen LogP contribution in [0.15, 0.2) is 0 Å². The van der Waals surface area contributed by atoms with Gasteiger partial charge in [0.2, 0.25) is 0 Å². The van der Waals surface area contributed by atoms with Crippen LogP contribution >= 0.6 is 0 Å². The molecule has 0 bridgehead atoms. The van der Waals surface area contributed by atoms with Crippen LogP contribution in [0, 0.1) is 0 Å². The van der Waals surface area contributed by atoms with Gasteiger partial charge in [0.15, 0.2) is 0 Å². The lowest BCUT2D eigenvalue weighted by Crippen LogP contribution is -2.44. The first kappa shape index (κ1) is 8.53. The molecule has 0 amide bonds.